The lowest BCUT2D eigenvalue weighted by Crippen LogP contribution is -2.35. The number of hydrogen-bond donors (Lipinski definition) is 2. The highest BCUT2D eigenvalue weighted by Crippen LogP contribution is 2.31. The first kappa shape index (κ1) is 19.9. The molecule has 2 aromatic carbocycles. The minimum absolute atomic E-state index is 0.0571. The first-order valence-corrected chi connectivity index (χ1v) is 9.57. The Balaban J connectivity index is 1.55. The summed E-state index contributed by atoms with van der Waals surface area (Å²) in [6, 6.07) is 13.6. The van der Waals surface area contributed by atoms with Crippen molar-refractivity contribution in [2.24, 2.45) is 0 Å². The SMILES string of the molecule is C[C@H](CC(=O)Nc1ccc(N2CCCC2=O)c(Cl)c1)NC(=O)c1ccccc1. The predicted octanol–water partition coefficient (Wildman–Crippen LogP) is 3.61. The summed E-state index contributed by atoms with van der Waals surface area (Å²) in [6.07, 6.45) is 1.48. The fourth-order valence-electron chi connectivity index (χ4n) is 3.14. The van der Waals surface area contributed by atoms with Gasteiger partial charge in [0.15, 0.2) is 0 Å². The van der Waals surface area contributed by atoms with E-state index in [-0.39, 0.29) is 30.2 Å². The standard InChI is InChI=1S/C21H22ClN3O3/c1-14(23-21(28)15-6-3-2-4-7-15)12-19(26)24-16-9-10-18(17(22)13-16)25-11-5-8-20(25)27/h2-4,6-7,9-10,13-14H,5,8,11-12H2,1H3,(H,23,28)(H,24,26)/t14-/m1/s1. The Morgan fingerprint density at radius 2 is 1.93 bits per heavy atom. The highest BCUT2D eigenvalue weighted by molar-refractivity contribution is 6.34. The van der Waals surface area contributed by atoms with Crippen LogP contribution < -0.4 is 15.5 Å². The Hall–Kier alpha value is -2.86. The third-order valence-corrected chi connectivity index (χ3v) is 4.80. The molecule has 1 saturated heterocycles. The molecule has 1 atom stereocenters. The van der Waals surface area contributed by atoms with Crippen molar-refractivity contribution < 1.29 is 14.4 Å². The van der Waals surface area contributed by atoms with Crippen molar-refractivity contribution in [2.75, 3.05) is 16.8 Å². The minimum Gasteiger partial charge on any atom is -0.349 e. The van der Waals surface area contributed by atoms with Gasteiger partial charge in [0.2, 0.25) is 11.8 Å². The van der Waals surface area contributed by atoms with Gasteiger partial charge in [-0.15, -0.1) is 0 Å². The van der Waals surface area contributed by atoms with Crippen molar-refractivity contribution in [1.29, 1.82) is 0 Å². The molecule has 1 fully saturated rings. The molecule has 2 N–H and O–H groups in total. The Bertz CT molecular complexity index is 886. The lowest BCUT2D eigenvalue weighted by molar-refractivity contribution is -0.117. The highest BCUT2D eigenvalue weighted by atomic mass is 35.5. The van der Waals surface area contributed by atoms with Gasteiger partial charge in [-0.3, -0.25) is 14.4 Å². The van der Waals surface area contributed by atoms with Crippen LogP contribution in [0.25, 0.3) is 0 Å². The zero-order valence-corrected chi connectivity index (χ0v) is 16.3. The summed E-state index contributed by atoms with van der Waals surface area (Å²) in [4.78, 5) is 37.9. The van der Waals surface area contributed by atoms with Gasteiger partial charge in [-0.2, -0.15) is 0 Å². The Labute approximate surface area is 168 Å². The molecule has 1 heterocycles. The Morgan fingerprint density at radius 3 is 2.57 bits per heavy atom. The molecule has 0 radical (unpaired) electrons. The lowest BCUT2D eigenvalue weighted by atomic mass is 10.1. The molecule has 6 nitrogen and oxygen atoms in total. The normalized spacial score (nSPS) is 14.6. The first-order chi connectivity index (χ1) is 13.4. The number of amides is 3. The van der Waals surface area contributed by atoms with Gasteiger partial charge < -0.3 is 15.5 Å². The van der Waals surface area contributed by atoms with E-state index in [2.05, 4.69) is 10.6 Å². The summed E-state index contributed by atoms with van der Waals surface area (Å²) in [5.74, 6) is -0.396. The number of carbonyl (C=O) groups excluding carboxylic acids is 3. The summed E-state index contributed by atoms with van der Waals surface area (Å²) >= 11 is 6.30. The largest absolute Gasteiger partial charge is 0.349 e. The maximum atomic E-state index is 12.3. The molecule has 0 spiro atoms. The molecule has 3 rings (SSSR count). The van der Waals surface area contributed by atoms with Gasteiger partial charge in [0.05, 0.1) is 10.7 Å². The topological polar surface area (TPSA) is 78.5 Å². The molecule has 0 bridgehead atoms. The van der Waals surface area contributed by atoms with Gasteiger partial charge in [0.25, 0.3) is 5.91 Å². The maximum absolute atomic E-state index is 12.3. The zero-order valence-electron chi connectivity index (χ0n) is 15.6. The lowest BCUT2D eigenvalue weighted by Gasteiger charge is -2.18. The second kappa shape index (κ2) is 8.89. The number of carbonyl (C=O) groups is 3. The van der Waals surface area contributed by atoms with Crippen molar-refractivity contribution in [3.63, 3.8) is 0 Å². The van der Waals surface area contributed by atoms with Gasteiger partial charge in [-0.1, -0.05) is 29.8 Å². The molecule has 3 amide bonds. The fraction of sp³-hybridized carbons (Fsp3) is 0.286. The van der Waals surface area contributed by atoms with Gasteiger partial charge in [-0.25, -0.2) is 0 Å². The fourth-order valence-corrected chi connectivity index (χ4v) is 3.43. The summed E-state index contributed by atoms with van der Waals surface area (Å²) in [7, 11) is 0. The van der Waals surface area contributed by atoms with Gasteiger partial charge in [0.1, 0.15) is 0 Å². The second-order valence-corrected chi connectivity index (χ2v) is 7.22. The van der Waals surface area contributed by atoms with Crippen LogP contribution in [0.3, 0.4) is 0 Å². The van der Waals surface area contributed by atoms with Crippen LogP contribution in [0.15, 0.2) is 48.5 Å². The predicted molar refractivity (Wildman–Crippen MR) is 110 cm³/mol. The van der Waals surface area contributed by atoms with Crippen molar-refractivity contribution in [2.45, 2.75) is 32.2 Å². The van der Waals surface area contributed by atoms with E-state index in [0.29, 0.717) is 34.9 Å². The number of anilines is 2. The van der Waals surface area contributed by atoms with Gasteiger partial charge in [0, 0.05) is 36.7 Å². The number of nitrogens with one attached hydrogen (secondary N) is 2. The van der Waals surface area contributed by atoms with E-state index < -0.39 is 0 Å². The van der Waals surface area contributed by atoms with Crippen LogP contribution in [0.5, 0.6) is 0 Å². The smallest absolute Gasteiger partial charge is 0.251 e. The molecule has 28 heavy (non-hydrogen) atoms. The number of hydrogen-bond acceptors (Lipinski definition) is 3. The van der Waals surface area contributed by atoms with E-state index in [4.69, 9.17) is 11.6 Å². The van der Waals surface area contributed by atoms with Crippen molar-refractivity contribution in [3.8, 4) is 0 Å². The monoisotopic (exact) mass is 399 g/mol. The first-order valence-electron chi connectivity index (χ1n) is 9.19. The van der Waals surface area contributed by atoms with Crippen LogP contribution in [0.1, 0.15) is 36.5 Å². The van der Waals surface area contributed by atoms with Crippen LogP contribution in [0, 0.1) is 0 Å². The molecule has 1 aliphatic heterocycles. The average Bonchev–Trinajstić information content (AvgIpc) is 3.08. The molecule has 146 valence electrons. The van der Waals surface area contributed by atoms with Crippen LogP contribution in [0.2, 0.25) is 5.02 Å². The second-order valence-electron chi connectivity index (χ2n) is 6.81. The van der Waals surface area contributed by atoms with Gasteiger partial charge >= 0.3 is 0 Å². The Kier molecular flexibility index (Phi) is 6.31. The van der Waals surface area contributed by atoms with E-state index in [1.165, 1.54) is 0 Å². The number of halogens is 1. The van der Waals surface area contributed by atoms with Crippen LogP contribution in [-0.2, 0) is 9.59 Å². The van der Waals surface area contributed by atoms with Crippen LogP contribution in [-0.4, -0.2) is 30.3 Å². The number of rotatable bonds is 6. The maximum Gasteiger partial charge on any atom is 0.251 e. The van der Waals surface area contributed by atoms with E-state index >= 15 is 0 Å². The van der Waals surface area contributed by atoms with Gasteiger partial charge in [-0.05, 0) is 43.7 Å². The summed E-state index contributed by atoms with van der Waals surface area (Å²) in [5.41, 5.74) is 1.76. The quantitative estimate of drug-likeness (QED) is 0.778. The molecule has 0 aromatic heterocycles. The van der Waals surface area contributed by atoms with Crippen LogP contribution >= 0.6 is 11.6 Å². The highest BCUT2D eigenvalue weighted by Gasteiger charge is 2.23. The molecule has 2 aromatic rings. The van der Waals surface area contributed by atoms with E-state index in [9.17, 15) is 14.4 Å². The summed E-state index contributed by atoms with van der Waals surface area (Å²) < 4.78 is 0. The van der Waals surface area contributed by atoms with E-state index in [0.717, 1.165) is 6.42 Å². The van der Waals surface area contributed by atoms with Crippen LogP contribution in [0.4, 0.5) is 11.4 Å². The molecule has 0 saturated carbocycles. The molecular weight excluding hydrogens is 378 g/mol. The third kappa shape index (κ3) is 4.89. The molecule has 0 aliphatic carbocycles. The third-order valence-electron chi connectivity index (χ3n) is 4.50. The number of nitrogens with zero attached hydrogens (tertiary/aromatic N) is 1. The summed E-state index contributed by atoms with van der Waals surface area (Å²) in [6.45, 7) is 2.43. The number of benzene rings is 2. The summed E-state index contributed by atoms with van der Waals surface area (Å²) in [5, 5.41) is 6.00. The molecule has 1 aliphatic rings. The molecule has 7 heteroatoms. The zero-order chi connectivity index (χ0) is 20.1. The van der Waals surface area contributed by atoms with Crippen molar-refractivity contribution >= 4 is 40.7 Å². The van der Waals surface area contributed by atoms with Crippen molar-refractivity contribution in [1.82, 2.24) is 5.32 Å². The minimum atomic E-state index is -0.329. The van der Waals surface area contributed by atoms with E-state index in [1.54, 1.807) is 54.3 Å². The molecule has 0 unspecified atom stereocenters. The average molecular weight is 400 g/mol. The Morgan fingerprint density at radius 1 is 1.18 bits per heavy atom. The van der Waals surface area contributed by atoms with Crippen molar-refractivity contribution in [3.05, 3.63) is 59.1 Å². The molecular formula is C21H22ClN3O3. The van der Waals surface area contributed by atoms with E-state index in [1.807, 2.05) is 6.07 Å².